The van der Waals surface area contributed by atoms with Crippen molar-refractivity contribution in [1.29, 1.82) is 0 Å². The molecule has 1 aliphatic heterocycles. The summed E-state index contributed by atoms with van der Waals surface area (Å²) in [7, 11) is 0. The fourth-order valence-corrected chi connectivity index (χ4v) is 1.84. The third-order valence-electron chi connectivity index (χ3n) is 2.69. The Bertz CT molecular complexity index is 481. The van der Waals surface area contributed by atoms with Gasteiger partial charge in [0.1, 0.15) is 11.4 Å². The molecule has 0 atom stereocenters. The zero-order valence-electron chi connectivity index (χ0n) is 9.20. The van der Waals surface area contributed by atoms with Crippen molar-refractivity contribution in [2.45, 2.75) is 12.5 Å². The fraction of sp³-hybridized carbons (Fsp3) is 0.364. The number of likely N-dealkylation sites (tertiary alicyclic amines) is 1. The van der Waals surface area contributed by atoms with Gasteiger partial charge in [-0.05, 0) is 19.1 Å². The predicted molar refractivity (Wildman–Crippen MR) is 57.3 cm³/mol. The van der Waals surface area contributed by atoms with Crippen LogP contribution in [0, 0.1) is 11.6 Å². The van der Waals surface area contributed by atoms with E-state index in [1.165, 1.54) is 4.90 Å². The summed E-state index contributed by atoms with van der Waals surface area (Å²) in [5.41, 5.74) is 3.35. The molecule has 1 amide bonds. The summed E-state index contributed by atoms with van der Waals surface area (Å²) in [5, 5.41) is 9.47. The van der Waals surface area contributed by atoms with Crippen LogP contribution in [0.3, 0.4) is 0 Å². The molecule has 1 aromatic carbocycles. The van der Waals surface area contributed by atoms with Crippen LogP contribution < -0.4 is 5.73 Å². The number of carbonyl (C=O) groups excluding carboxylic acids is 1. The van der Waals surface area contributed by atoms with E-state index in [1.54, 1.807) is 6.92 Å². The Balaban J connectivity index is 2.29. The number of β-amino-alcohol motifs (C(OH)–C–C–N with tert-alkyl or cyclic N) is 1. The number of hydrogen-bond acceptors (Lipinski definition) is 3. The minimum absolute atomic E-state index is 0.0551. The summed E-state index contributed by atoms with van der Waals surface area (Å²) in [6.45, 7) is 1.65. The van der Waals surface area contributed by atoms with Gasteiger partial charge in [-0.1, -0.05) is 0 Å². The lowest BCUT2D eigenvalue weighted by Gasteiger charge is -2.44. The largest absolute Gasteiger partial charge is 0.396 e. The maximum atomic E-state index is 13.6. The summed E-state index contributed by atoms with van der Waals surface area (Å²) < 4.78 is 26.9. The molecule has 0 aliphatic carbocycles. The first-order chi connectivity index (χ1) is 7.82. The van der Waals surface area contributed by atoms with Gasteiger partial charge < -0.3 is 15.7 Å². The number of aliphatic hydroxyl groups is 1. The molecule has 1 heterocycles. The third-order valence-corrected chi connectivity index (χ3v) is 2.69. The Morgan fingerprint density at radius 1 is 1.47 bits per heavy atom. The number of carbonyl (C=O) groups is 1. The maximum absolute atomic E-state index is 13.6. The van der Waals surface area contributed by atoms with Gasteiger partial charge in [-0.25, -0.2) is 8.78 Å². The highest BCUT2D eigenvalue weighted by Gasteiger charge is 2.41. The van der Waals surface area contributed by atoms with Crippen molar-refractivity contribution in [3.63, 3.8) is 0 Å². The topological polar surface area (TPSA) is 66.6 Å². The molecule has 0 radical (unpaired) electrons. The SMILES string of the molecule is CC1(O)CN(C(=O)c2c(F)ccc(N)c2F)C1. The molecule has 0 unspecified atom stereocenters. The summed E-state index contributed by atoms with van der Waals surface area (Å²) in [6, 6.07) is 2.01. The van der Waals surface area contributed by atoms with Crippen molar-refractivity contribution in [2.75, 3.05) is 18.8 Å². The van der Waals surface area contributed by atoms with Crippen LogP contribution in [0.25, 0.3) is 0 Å². The second-order valence-electron chi connectivity index (χ2n) is 4.48. The number of hydrogen-bond donors (Lipinski definition) is 2. The number of rotatable bonds is 1. The number of nitrogens with two attached hydrogens (primary N) is 1. The van der Waals surface area contributed by atoms with E-state index in [-0.39, 0.29) is 18.8 Å². The standard InChI is InChI=1S/C11H12F2N2O2/c1-11(17)4-15(5-11)10(16)8-6(12)2-3-7(14)9(8)13/h2-3,17H,4-5,14H2,1H3. The Morgan fingerprint density at radius 3 is 2.59 bits per heavy atom. The van der Waals surface area contributed by atoms with Crippen LogP contribution in [-0.2, 0) is 0 Å². The summed E-state index contributed by atoms with van der Waals surface area (Å²) in [4.78, 5) is 13.0. The van der Waals surface area contributed by atoms with E-state index in [9.17, 15) is 18.7 Å². The molecular weight excluding hydrogens is 230 g/mol. The average Bonchev–Trinajstić information content (AvgIpc) is 2.20. The van der Waals surface area contributed by atoms with Crippen molar-refractivity contribution in [3.8, 4) is 0 Å². The predicted octanol–water partition coefficient (Wildman–Crippen LogP) is 0.754. The number of nitrogens with zero attached hydrogens (tertiary/aromatic N) is 1. The molecule has 92 valence electrons. The number of amides is 1. The van der Waals surface area contributed by atoms with Gasteiger partial charge in [-0.2, -0.15) is 0 Å². The van der Waals surface area contributed by atoms with E-state index in [0.717, 1.165) is 12.1 Å². The van der Waals surface area contributed by atoms with E-state index in [0.29, 0.717) is 0 Å². The molecule has 0 aromatic heterocycles. The van der Waals surface area contributed by atoms with Crippen LogP contribution in [0.4, 0.5) is 14.5 Å². The molecule has 1 fully saturated rings. The van der Waals surface area contributed by atoms with Crippen LogP contribution in [-0.4, -0.2) is 34.6 Å². The van der Waals surface area contributed by atoms with Crippen molar-refractivity contribution >= 4 is 11.6 Å². The highest BCUT2D eigenvalue weighted by Crippen LogP contribution is 2.26. The Kier molecular flexibility index (Phi) is 2.54. The first-order valence-corrected chi connectivity index (χ1v) is 5.07. The normalized spacial score (nSPS) is 17.8. The van der Waals surface area contributed by atoms with Crippen molar-refractivity contribution in [3.05, 3.63) is 29.3 Å². The van der Waals surface area contributed by atoms with Crippen LogP contribution in [0.15, 0.2) is 12.1 Å². The summed E-state index contributed by atoms with van der Waals surface area (Å²) in [5.74, 6) is -2.80. The van der Waals surface area contributed by atoms with Crippen molar-refractivity contribution in [1.82, 2.24) is 4.90 Å². The lowest BCUT2D eigenvalue weighted by Crippen LogP contribution is -2.61. The first kappa shape index (κ1) is 11.8. The highest BCUT2D eigenvalue weighted by molar-refractivity contribution is 5.96. The molecule has 0 bridgehead atoms. The molecule has 0 saturated carbocycles. The van der Waals surface area contributed by atoms with Gasteiger partial charge in [0.05, 0.1) is 24.4 Å². The Labute approximate surface area is 96.6 Å². The molecule has 17 heavy (non-hydrogen) atoms. The van der Waals surface area contributed by atoms with Gasteiger partial charge in [0, 0.05) is 0 Å². The van der Waals surface area contributed by atoms with Crippen molar-refractivity contribution in [2.24, 2.45) is 0 Å². The zero-order chi connectivity index (χ0) is 12.8. The van der Waals surface area contributed by atoms with Crippen LogP contribution >= 0.6 is 0 Å². The molecule has 1 saturated heterocycles. The Hall–Kier alpha value is -1.69. The van der Waals surface area contributed by atoms with Crippen LogP contribution in [0.1, 0.15) is 17.3 Å². The minimum atomic E-state index is -1.05. The first-order valence-electron chi connectivity index (χ1n) is 5.07. The number of nitrogen functional groups attached to an aromatic ring is 1. The molecular formula is C11H12F2N2O2. The minimum Gasteiger partial charge on any atom is -0.396 e. The Morgan fingerprint density at radius 2 is 2.06 bits per heavy atom. The molecule has 2 rings (SSSR count). The molecule has 3 N–H and O–H groups in total. The number of benzene rings is 1. The van der Waals surface area contributed by atoms with E-state index in [1.807, 2.05) is 0 Å². The summed E-state index contributed by atoms with van der Waals surface area (Å²) >= 11 is 0. The van der Waals surface area contributed by atoms with Gasteiger partial charge in [0.2, 0.25) is 0 Å². The lowest BCUT2D eigenvalue weighted by molar-refractivity contribution is -0.0671. The van der Waals surface area contributed by atoms with Gasteiger partial charge in [-0.15, -0.1) is 0 Å². The van der Waals surface area contributed by atoms with E-state index >= 15 is 0 Å². The third kappa shape index (κ3) is 1.95. The van der Waals surface area contributed by atoms with E-state index in [2.05, 4.69) is 0 Å². The zero-order valence-corrected chi connectivity index (χ0v) is 9.20. The fourth-order valence-electron chi connectivity index (χ4n) is 1.84. The van der Waals surface area contributed by atoms with Crippen LogP contribution in [0.5, 0.6) is 0 Å². The highest BCUT2D eigenvalue weighted by atomic mass is 19.1. The van der Waals surface area contributed by atoms with E-state index < -0.39 is 28.7 Å². The van der Waals surface area contributed by atoms with E-state index in [4.69, 9.17) is 5.73 Å². The molecule has 6 heteroatoms. The summed E-state index contributed by atoms with van der Waals surface area (Å²) in [6.07, 6.45) is 0. The maximum Gasteiger partial charge on any atom is 0.260 e. The van der Waals surface area contributed by atoms with Gasteiger partial charge in [-0.3, -0.25) is 4.79 Å². The number of halogens is 2. The van der Waals surface area contributed by atoms with Gasteiger partial charge in [0.15, 0.2) is 5.82 Å². The van der Waals surface area contributed by atoms with Gasteiger partial charge in [0.25, 0.3) is 5.91 Å². The van der Waals surface area contributed by atoms with Crippen LogP contribution in [0.2, 0.25) is 0 Å². The molecule has 0 spiro atoms. The van der Waals surface area contributed by atoms with Gasteiger partial charge >= 0.3 is 0 Å². The monoisotopic (exact) mass is 242 g/mol. The molecule has 4 nitrogen and oxygen atoms in total. The second kappa shape index (κ2) is 3.66. The second-order valence-corrected chi connectivity index (χ2v) is 4.48. The van der Waals surface area contributed by atoms with Crippen molar-refractivity contribution < 1.29 is 18.7 Å². The molecule has 1 aromatic rings. The average molecular weight is 242 g/mol. The number of anilines is 1. The molecule has 1 aliphatic rings. The lowest BCUT2D eigenvalue weighted by atomic mass is 9.95. The smallest absolute Gasteiger partial charge is 0.260 e. The quantitative estimate of drug-likeness (QED) is 0.714.